The maximum Gasteiger partial charge on any atom is 0.293 e. The van der Waals surface area contributed by atoms with Gasteiger partial charge >= 0.3 is 0 Å². The summed E-state index contributed by atoms with van der Waals surface area (Å²) >= 11 is 7.11. The minimum Gasteiger partial charge on any atom is -0.350 e. The van der Waals surface area contributed by atoms with E-state index in [1.54, 1.807) is 29.2 Å². The number of carbonyl (C=O) groups excluding carboxylic acids is 4. The molecule has 7 nitrogen and oxygen atoms in total. The molecule has 4 amide bonds. The third-order valence-electron chi connectivity index (χ3n) is 5.16. The third-order valence-corrected chi connectivity index (χ3v) is 6.39. The standard InChI is InChI=1S/C23H20ClN3O4S/c24-17-9-8-16(14-18(17)26-11-4-7-20(26)28)21(29)25-10-12-27-22(30)19(32-23(27)31)13-15-5-2-1-3-6-15/h1-3,5-6,8-9,13-14H,4,7,10-12H2,(H,25,29)/b19-13-. The van der Waals surface area contributed by atoms with E-state index in [0.717, 1.165) is 28.6 Å². The molecule has 1 N–H and O–H groups in total. The van der Waals surface area contributed by atoms with Gasteiger partial charge in [0.25, 0.3) is 17.1 Å². The van der Waals surface area contributed by atoms with Crippen molar-refractivity contribution in [2.24, 2.45) is 0 Å². The maximum absolute atomic E-state index is 12.6. The molecule has 2 aromatic rings. The summed E-state index contributed by atoms with van der Waals surface area (Å²) in [7, 11) is 0. The molecule has 2 fully saturated rings. The molecule has 0 aliphatic carbocycles. The van der Waals surface area contributed by atoms with Gasteiger partial charge in [0.2, 0.25) is 5.91 Å². The fourth-order valence-electron chi connectivity index (χ4n) is 3.54. The van der Waals surface area contributed by atoms with Gasteiger partial charge in [-0.05, 0) is 48.0 Å². The highest BCUT2D eigenvalue weighted by Gasteiger charge is 2.34. The van der Waals surface area contributed by atoms with Gasteiger partial charge in [0.15, 0.2) is 0 Å². The molecule has 2 aliphatic heterocycles. The minimum absolute atomic E-state index is 0.0209. The number of hydrogen-bond acceptors (Lipinski definition) is 5. The molecule has 0 atom stereocenters. The molecular weight excluding hydrogens is 450 g/mol. The Labute approximate surface area is 194 Å². The lowest BCUT2D eigenvalue weighted by Crippen LogP contribution is -2.37. The molecule has 32 heavy (non-hydrogen) atoms. The molecule has 2 heterocycles. The normalized spacial score (nSPS) is 17.5. The Morgan fingerprint density at radius 3 is 2.62 bits per heavy atom. The molecule has 0 aromatic heterocycles. The zero-order valence-corrected chi connectivity index (χ0v) is 18.6. The summed E-state index contributed by atoms with van der Waals surface area (Å²) in [6.07, 6.45) is 2.89. The summed E-state index contributed by atoms with van der Waals surface area (Å²) < 4.78 is 0. The smallest absolute Gasteiger partial charge is 0.293 e. The molecule has 4 rings (SSSR count). The van der Waals surface area contributed by atoms with Gasteiger partial charge in [0.1, 0.15) is 0 Å². The number of thioether (sulfide) groups is 1. The van der Waals surface area contributed by atoms with E-state index in [-0.39, 0.29) is 36.1 Å². The Hall–Kier alpha value is -3.10. The van der Waals surface area contributed by atoms with Crippen LogP contribution >= 0.6 is 23.4 Å². The Bertz CT molecular complexity index is 1120. The lowest BCUT2D eigenvalue weighted by atomic mass is 10.1. The van der Waals surface area contributed by atoms with Gasteiger partial charge in [-0.15, -0.1) is 0 Å². The number of halogens is 1. The van der Waals surface area contributed by atoms with Crippen LogP contribution in [0.4, 0.5) is 10.5 Å². The molecule has 0 spiro atoms. The van der Waals surface area contributed by atoms with Crippen LogP contribution in [0.2, 0.25) is 5.02 Å². The summed E-state index contributed by atoms with van der Waals surface area (Å²) in [5.41, 5.74) is 1.70. The first-order chi connectivity index (χ1) is 15.4. The first kappa shape index (κ1) is 22.1. The summed E-state index contributed by atoms with van der Waals surface area (Å²) in [5.74, 6) is -0.770. The van der Waals surface area contributed by atoms with Crippen LogP contribution in [0.1, 0.15) is 28.8 Å². The Morgan fingerprint density at radius 1 is 1.12 bits per heavy atom. The molecule has 9 heteroatoms. The van der Waals surface area contributed by atoms with E-state index < -0.39 is 0 Å². The van der Waals surface area contributed by atoms with Gasteiger partial charge in [-0.1, -0.05) is 41.9 Å². The number of amides is 4. The lowest BCUT2D eigenvalue weighted by Gasteiger charge is -2.18. The second-order valence-corrected chi connectivity index (χ2v) is 8.72. The van der Waals surface area contributed by atoms with E-state index in [1.165, 1.54) is 0 Å². The number of nitrogens with one attached hydrogen (secondary N) is 1. The van der Waals surface area contributed by atoms with Crippen molar-refractivity contribution in [2.45, 2.75) is 12.8 Å². The van der Waals surface area contributed by atoms with Gasteiger partial charge in [-0.2, -0.15) is 0 Å². The minimum atomic E-state index is -0.376. The van der Waals surface area contributed by atoms with E-state index in [1.807, 2.05) is 30.3 Å². The van der Waals surface area contributed by atoms with Crippen molar-refractivity contribution >= 4 is 58.1 Å². The molecular formula is C23H20ClN3O4S. The average Bonchev–Trinajstić information content (AvgIpc) is 3.32. The highest BCUT2D eigenvalue weighted by atomic mass is 35.5. The van der Waals surface area contributed by atoms with Gasteiger partial charge in [0, 0.05) is 31.6 Å². The van der Waals surface area contributed by atoms with E-state index in [0.29, 0.717) is 34.1 Å². The average molecular weight is 470 g/mol. The summed E-state index contributed by atoms with van der Waals surface area (Å²) in [6.45, 7) is 0.739. The van der Waals surface area contributed by atoms with Crippen LogP contribution in [-0.4, -0.2) is 47.5 Å². The number of rotatable bonds is 6. The highest BCUT2D eigenvalue weighted by molar-refractivity contribution is 8.18. The second-order valence-electron chi connectivity index (χ2n) is 7.32. The van der Waals surface area contributed by atoms with E-state index >= 15 is 0 Å². The maximum atomic E-state index is 12.6. The topological polar surface area (TPSA) is 86.8 Å². The summed E-state index contributed by atoms with van der Waals surface area (Å²) in [6, 6.07) is 14.0. The number of anilines is 1. The fraction of sp³-hybridized carbons (Fsp3) is 0.217. The lowest BCUT2D eigenvalue weighted by molar-refractivity contribution is -0.122. The van der Waals surface area contributed by atoms with Crippen LogP contribution < -0.4 is 10.2 Å². The third kappa shape index (κ3) is 4.71. The fourth-order valence-corrected chi connectivity index (χ4v) is 4.62. The van der Waals surface area contributed by atoms with Crippen LogP contribution in [-0.2, 0) is 9.59 Å². The van der Waals surface area contributed by atoms with Crippen molar-refractivity contribution in [3.05, 3.63) is 69.6 Å². The van der Waals surface area contributed by atoms with Crippen molar-refractivity contribution in [1.29, 1.82) is 0 Å². The predicted octanol–water partition coefficient (Wildman–Crippen LogP) is 3.93. The highest BCUT2D eigenvalue weighted by Crippen LogP contribution is 2.32. The predicted molar refractivity (Wildman–Crippen MR) is 124 cm³/mol. The SMILES string of the molecule is O=C(NCCN1C(=O)S/C(=C\c2ccccc2)C1=O)c1ccc(Cl)c(N2CCCC2=O)c1. The largest absolute Gasteiger partial charge is 0.350 e. The molecule has 0 bridgehead atoms. The number of hydrogen-bond donors (Lipinski definition) is 1. The van der Waals surface area contributed by atoms with Gasteiger partial charge < -0.3 is 10.2 Å². The summed E-state index contributed by atoms with van der Waals surface area (Å²) in [4.78, 5) is 52.5. The molecule has 2 aliphatic rings. The first-order valence-electron chi connectivity index (χ1n) is 10.1. The van der Waals surface area contributed by atoms with Gasteiger partial charge in [-0.25, -0.2) is 0 Å². The van der Waals surface area contributed by atoms with Gasteiger partial charge in [0.05, 0.1) is 15.6 Å². The van der Waals surface area contributed by atoms with E-state index in [9.17, 15) is 19.2 Å². The zero-order chi connectivity index (χ0) is 22.7. The van der Waals surface area contributed by atoms with Crippen LogP contribution in [0.5, 0.6) is 0 Å². The molecule has 0 radical (unpaired) electrons. The van der Waals surface area contributed by atoms with Crippen molar-refractivity contribution in [3.8, 4) is 0 Å². The molecule has 2 saturated heterocycles. The van der Waals surface area contributed by atoms with Crippen LogP contribution in [0.15, 0.2) is 53.4 Å². The van der Waals surface area contributed by atoms with Gasteiger partial charge in [-0.3, -0.25) is 24.1 Å². The molecule has 0 saturated carbocycles. The number of imide groups is 1. The van der Waals surface area contributed by atoms with Crippen molar-refractivity contribution in [1.82, 2.24) is 10.2 Å². The van der Waals surface area contributed by atoms with Crippen molar-refractivity contribution < 1.29 is 19.2 Å². The monoisotopic (exact) mass is 469 g/mol. The number of carbonyl (C=O) groups is 4. The Morgan fingerprint density at radius 2 is 1.91 bits per heavy atom. The van der Waals surface area contributed by atoms with E-state index in [4.69, 9.17) is 11.6 Å². The molecule has 164 valence electrons. The van der Waals surface area contributed by atoms with E-state index in [2.05, 4.69) is 5.32 Å². The van der Waals surface area contributed by atoms with Crippen molar-refractivity contribution in [2.75, 3.05) is 24.5 Å². The van der Waals surface area contributed by atoms with Crippen LogP contribution in [0.25, 0.3) is 6.08 Å². The summed E-state index contributed by atoms with van der Waals surface area (Å²) in [5, 5.41) is 2.75. The molecule has 0 unspecified atom stereocenters. The Kier molecular flexibility index (Phi) is 6.62. The first-order valence-corrected chi connectivity index (χ1v) is 11.3. The number of benzene rings is 2. The molecule has 2 aromatic carbocycles. The Balaban J connectivity index is 1.37. The van der Waals surface area contributed by atoms with Crippen LogP contribution in [0.3, 0.4) is 0 Å². The quantitative estimate of drug-likeness (QED) is 0.648. The van der Waals surface area contributed by atoms with Crippen molar-refractivity contribution in [3.63, 3.8) is 0 Å². The van der Waals surface area contributed by atoms with Crippen LogP contribution in [0, 0.1) is 0 Å². The number of nitrogens with zero attached hydrogens (tertiary/aromatic N) is 2. The second kappa shape index (κ2) is 9.58. The zero-order valence-electron chi connectivity index (χ0n) is 17.0.